The Morgan fingerprint density at radius 2 is 1.88 bits per heavy atom. The van der Waals surface area contributed by atoms with Crippen LogP contribution in [0.5, 0.6) is 0 Å². The molecule has 92 valence electrons. The summed E-state index contributed by atoms with van der Waals surface area (Å²) in [5.74, 6) is -2.11. The van der Waals surface area contributed by atoms with Crippen molar-refractivity contribution in [2.75, 3.05) is 19.7 Å². The summed E-state index contributed by atoms with van der Waals surface area (Å²) in [6, 6.07) is 0. The van der Waals surface area contributed by atoms with Crippen LogP contribution in [0, 0.1) is 17.3 Å². The van der Waals surface area contributed by atoms with Crippen molar-refractivity contribution in [2.45, 2.75) is 20.8 Å². The third-order valence-electron chi connectivity index (χ3n) is 3.42. The second kappa shape index (κ2) is 4.41. The molecule has 1 amide bonds. The van der Waals surface area contributed by atoms with Crippen molar-refractivity contribution in [3.8, 4) is 0 Å². The number of likely N-dealkylation sites (N-methyl/N-ethyl adjacent to an activating group) is 1. The normalized spacial score (nSPS) is 26.2. The fourth-order valence-corrected chi connectivity index (χ4v) is 2.30. The van der Waals surface area contributed by atoms with Gasteiger partial charge in [-0.2, -0.15) is 0 Å². The molecule has 0 saturated heterocycles. The van der Waals surface area contributed by atoms with Gasteiger partial charge in [0.1, 0.15) is 0 Å². The number of hydrogen-bond donors (Lipinski definition) is 2. The maximum atomic E-state index is 12.0. The molecule has 1 aliphatic carbocycles. The third kappa shape index (κ3) is 2.04. The molecule has 1 fully saturated rings. The first-order valence-electron chi connectivity index (χ1n) is 5.50. The summed E-state index contributed by atoms with van der Waals surface area (Å²) in [7, 11) is 0. The van der Waals surface area contributed by atoms with Crippen molar-refractivity contribution in [2.24, 2.45) is 17.3 Å². The van der Waals surface area contributed by atoms with Crippen LogP contribution in [0.3, 0.4) is 0 Å². The van der Waals surface area contributed by atoms with Crippen LogP contribution in [0.1, 0.15) is 20.8 Å². The average molecular weight is 229 g/mol. The third-order valence-corrected chi connectivity index (χ3v) is 3.42. The molecule has 0 heterocycles. The van der Waals surface area contributed by atoms with Gasteiger partial charge in [-0.25, -0.2) is 0 Å². The van der Waals surface area contributed by atoms with Gasteiger partial charge < -0.3 is 15.1 Å². The number of carbonyl (C=O) groups excluding carboxylic acids is 1. The lowest BCUT2D eigenvalue weighted by molar-refractivity contribution is -0.142. The van der Waals surface area contributed by atoms with E-state index in [2.05, 4.69) is 0 Å². The van der Waals surface area contributed by atoms with E-state index in [0.29, 0.717) is 6.54 Å². The lowest BCUT2D eigenvalue weighted by atomic mass is 10.1. The van der Waals surface area contributed by atoms with E-state index in [1.165, 1.54) is 4.90 Å². The molecule has 0 aromatic rings. The molecule has 2 atom stereocenters. The van der Waals surface area contributed by atoms with E-state index < -0.39 is 23.2 Å². The second-order valence-corrected chi connectivity index (χ2v) is 4.76. The van der Waals surface area contributed by atoms with Gasteiger partial charge in [-0.1, -0.05) is 13.8 Å². The Balaban J connectivity index is 2.72. The van der Waals surface area contributed by atoms with Gasteiger partial charge in [0.2, 0.25) is 5.91 Å². The van der Waals surface area contributed by atoms with Gasteiger partial charge in [0, 0.05) is 13.1 Å². The molecule has 0 spiro atoms. The van der Waals surface area contributed by atoms with Gasteiger partial charge >= 0.3 is 5.97 Å². The number of aliphatic carboxylic acids is 1. The summed E-state index contributed by atoms with van der Waals surface area (Å²) < 4.78 is 0. The van der Waals surface area contributed by atoms with E-state index in [-0.39, 0.29) is 19.1 Å². The van der Waals surface area contributed by atoms with Crippen LogP contribution in [0.25, 0.3) is 0 Å². The Bertz CT molecular complexity index is 300. The number of aliphatic hydroxyl groups excluding tert-OH is 1. The lowest BCUT2D eigenvalue weighted by Gasteiger charge is -2.20. The summed E-state index contributed by atoms with van der Waals surface area (Å²) in [6.07, 6.45) is 0. The molecule has 1 saturated carbocycles. The van der Waals surface area contributed by atoms with Crippen molar-refractivity contribution in [1.82, 2.24) is 4.90 Å². The Morgan fingerprint density at radius 1 is 1.31 bits per heavy atom. The van der Waals surface area contributed by atoms with Gasteiger partial charge in [0.15, 0.2) is 0 Å². The molecule has 0 bridgehead atoms. The Labute approximate surface area is 95.1 Å². The Hall–Kier alpha value is -1.10. The van der Waals surface area contributed by atoms with E-state index in [9.17, 15) is 9.59 Å². The number of carbonyl (C=O) groups is 2. The zero-order valence-corrected chi connectivity index (χ0v) is 9.93. The minimum atomic E-state index is -0.914. The molecule has 2 N–H and O–H groups in total. The van der Waals surface area contributed by atoms with Crippen molar-refractivity contribution in [1.29, 1.82) is 0 Å². The van der Waals surface area contributed by atoms with Gasteiger partial charge in [0.05, 0.1) is 18.4 Å². The molecule has 0 radical (unpaired) electrons. The summed E-state index contributed by atoms with van der Waals surface area (Å²) in [5, 5.41) is 17.8. The van der Waals surface area contributed by atoms with Crippen molar-refractivity contribution < 1.29 is 19.8 Å². The van der Waals surface area contributed by atoms with Crippen molar-refractivity contribution >= 4 is 11.9 Å². The van der Waals surface area contributed by atoms with Crippen LogP contribution in [-0.4, -0.2) is 46.7 Å². The van der Waals surface area contributed by atoms with Crippen LogP contribution in [0.2, 0.25) is 0 Å². The highest BCUT2D eigenvalue weighted by molar-refractivity contribution is 5.91. The molecular weight excluding hydrogens is 210 g/mol. The standard InChI is InChI=1S/C11H19NO4/c1-4-12(5-6-13)9(14)7-8(10(15)16)11(7,2)3/h7-8,13H,4-6H2,1-3H3,(H,15,16). The van der Waals surface area contributed by atoms with Crippen LogP contribution in [0.15, 0.2) is 0 Å². The number of rotatable bonds is 5. The predicted molar refractivity (Wildman–Crippen MR) is 57.7 cm³/mol. The zero-order valence-electron chi connectivity index (χ0n) is 9.93. The van der Waals surface area contributed by atoms with Gasteiger partial charge in [0.25, 0.3) is 0 Å². The number of carboxylic acid groups (broad SMARTS) is 1. The number of hydrogen-bond acceptors (Lipinski definition) is 3. The molecule has 5 nitrogen and oxygen atoms in total. The molecule has 0 aromatic heterocycles. The van der Waals surface area contributed by atoms with Gasteiger partial charge in [-0.05, 0) is 12.3 Å². The Kier molecular flexibility index (Phi) is 3.57. The van der Waals surface area contributed by atoms with E-state index in [4.69, 9.17) is 10.2 Å². The minimum absolute atomic E-state index is 0.0928. The molecule has 0 aromatic carbocycles. The number of aliphatic hydroxyl groups is 1. The average Bonchev–Trinajstić information content (AvgIpc) is 2.77. The fourth-order valence-electron chi connectivity index (χ4n) is 2.30. The topological polar surface area (TPSA) is 77.8 Å². The molecule has 1 aliphatic rings. The first kappa shape index (κ1) is 13.0. The molecule has 5 heteroatoms. The fraction of sp³-hybridized carbons (Fsp3) is 0.818. The number of amides is 1. The van der Waals surface area contributed by atoms with Crippen LogP contribution in [0.4, 0.5) is 0 Å². The highest BCUT2D eigenvalue weighted by atomic mass is 16.4. The highest BCUT2D eigenvalue weighted by Gasteiger charge is 2.66. The molecule has 16 heavy (non-hydrogen) atoms. The van der Waals surface area contributed by atoms with E-state index in [1.54, 1.807) is 13.8 Å². The molecule has 0 aliphatic heterocycles. The first-order valence-corrected chi connectivity index (χ1v) is 5.50. The first-order chi connectivity index (χ1) is 7.37. The predicted octanol–water partition coefficient (Wildman–Crippen LogP) is 0.184. The quantitative estimate of drug-likeness (QED) is 0.705. The zero-order chi connectivity index (χ0) is 12.5. The summed E-state index contributed by atoms with van der Waals surface area (Å²) in [6.45, 7) is 6.08. The number of carboxylic acids is 1. The maximum Gasteiger partial charge on any atom is 0.307 e. The summed E-state index contributed by atoms with van der Waals surface area (Å²) in [4.78, 5) is 24.5. The molecule has 1 rings (SSSR count). The van der Waals surface area contributed by atoms with E-state index in [0.717, 1.165) is 0 Å². The highest BCUT2D eigenvalue weighted by Crippen LogP contribution is 2.58. The SMILES string of the molecule is CCN(CCO)C(=O)C1C(C(=O)O)C1(C)C. The van der Waals surface area contributed by atoms with Gasteiger partial charge in [-0.15, -0.1) is 0 Å². The number of nitrogens with zero attached hydrogens (tertiary/aromatic N) is 1. The monoisotopic (exact) mass is 229 g/mol. The maximum absolute atomic E-state index is 12.0. The van der Waals surface area contributed by atoms with Crippen LogP contribution >= 0.6 is 0 Å². The van der Waals surface area contributed by atoms with E-state index in [1.807, 2.05) is 6.92 Å². The van der Waals surface area contributed by atoms with Gasteiger partial charge in [-0.3, -0.25) is 9.59 Å². The summed E-state index contributed by atoms with van der Waals surface area (Å²) >= 11 is 0. The van der Waals surface area contributed by atoms with Crippen LogP contribution < -0.4 is 0 Å². The van der Waals surface area contributed by atoms with Crippen LogP contribution in [-0.2, 0) is 9.59 Å². The summed E-state index contributed by atoms with van der Waals surface area (Å²) in [5.41, 5.74) is -0.466. The van der Waals surface area contributed by atoms with E-state index >= 15 is 0 Å². The second-order valence-electron chi connectivity index (χ2n) is 4.76. The molecular formula is C11H19NO4. The largest absolute Gasteiger partial charge is 0.481 e. The minimum Gasteiger partial charge on any atom is -0.481 e. The smallest absolute Gasteiger partial charge is 0.307 e. The van der Waals surface area contributed by atoms with Crippen molar-refractivity contribution in [3.63, 3.8) is 0 Å². The Morgan fingerprint density at radius 3 is 2.19 bits per heavy atom. The lowest BCUT2D eigenvalue weighted by Crippen LogP contribution is -2.35. The van der Waals surface area contributed by atoms with Crippen molar-refractivity contribution in [3.05, 3.63) is 0 Å². The molecule has 2 unspecified atom stereocenters.